The van der Waals surface area contributed by atoms with Gasteiger partial charge >= 0.3 is 0 Å². The average Bonchev–Trinajstić information content (AvgIpc) is 3.48. The van der Waals surface area contributed by atoms with Crippen molar-refractivity contribution in [3.05, 3.63) is 0 Å². The third kappa shape index (κ3) is 8.88. The number of amides is 1. The number of carbonyl (C=O) groups is 1. The van der Waals surface area contributed by atoms with Gasteiger partial charge in [0.15, 0.2) is 0 Å². The van der Waals surface area contributed by atoms with Crippen LogP contribution in [0.2, 0.25) is 0 Å². The molecule has 0 radical (unpaired) electrons. The molecule has 1 amide bonds. The predicted molar refractivity (Wildman–Crippen MR) is 109 cm³/mol. The van der Waals surface area contributed by atoms with Crippen LogP contribution in [0.25, 0.3) is 0 Å². The maximum absolute atomic E-state index is 12.7. The molecule has 0 aromatic rings. The molecule has 2 aliphatic rings. The average molecular weight is 366 g/mol. The van der Waals surface area contributed by atoms with Crippen LogP contribution in [0, 0.1) is 11.8 Å². The first-order valence-corrected chi connectivity index (χ1v) is 11.6. The van der Waals surface area contributed by atoms with E-state index >= 15 is 0 Å². The van der Waals surface area contributed by atoms with Crippen molar-refractivity contribution in [3.63, 3.8) is 0 Å². The topological polar surface area (TPSA) is 32.8 Å². The number of unbranched alkanes of at least 4 members (excludes halogenated alkanes) is 7. The number of rotatable bonds is 14. The van der Waals surface area contributed by atoms with Crippen molar-refractivity contribution in [2.45, 2.75) is 109 Å². The van der Waals surface area contributed by atoms with Gasteiger partial charge < -0.3 is 9.64 Å². The Balaban J connectivity index is 1.60. The van der Waals surface area contributed by atoms with Gasteiger partial charge in [0.1, 0.15) is 0 Å². The van der Waals surface area contributed by atoms with E-state index in [0.29, 0.717) is 17.9 Å². The summed E-state index contributed by atoms with van der Waals surface area (Å²) in [7, 11) is 2.01. The van der Waals surface area contributed by atoms with Crippen molar-refractivity contribution in [2.75, 3.05) is 20.2 Å². The second-order valence-electron chi connectivity index (χ2n) is 8.84. The predicted octanol–water partition coefficient (Wildman–Crippen LogP) is 5.96. The SMILES string of the molecule is CCCCCCCCCCN(C)C(=O)CC(CC1CO1)C1CCCCC1. The molecule has 3 heteroatoms. The fourth-order valence-electron chi connectivity index (χ4n) is 4.58. The van der Waals surface area contributed by atoms with Crippen molar-refractivity contribution < 1.29 is 9.53 Å². The molecule has 1 aliphatic heterocycles. The summed E-state index contributed by atoms with van der Waals surface area (Å²) in [6, 6.07) is 0. The van der Waals surface area contributed by atoms with Gasteiger partial charge in [-0.25, -0.2) is 0 Å². The molecule has 0 N–H and O–H groups in total. The normalized spacial score (nSPS) is 21.5. The van der Waals surface area contributed by atoms with Crippen LogP contribution in [0.3, 0.4) is 0 Å². The van der Waals surface area contributed by atoms with Crippen LogP contribution in [0.5, 0.6) is 0 Å². The second kappa shape index (κ2) is 12.8. The maximum Gasteiger partial charge on any atom is 0.222 e. The lowest BCUT2D eigenvalue weighted by Crippen LogP contribution is -2.32. The zero-order chi connectivity index (χ0) is 18.6. The van der Waals surface area contributed by atoms with E-state index < -0.39 is 0 Å². The fourth-order valence-corrected chi connectivity index (χ4v) is 4.58. The van der Waals surface area contributed by atoms with Crippen LogP contribution < -0.4 is 0 Å². The van der Waals surface area contributed by atoms with E-state index in [0.717, 1.165) is 38.3 Å². The highest BCUT2D eigenvalue weighted by Gasteiger charge is 2.33. The van der Waals surface area contributed by atoms with Crippen molar-refractivity contribution in [3.8, 4) is 0 Å². The van der Waals surface area contributed by atoms with E-state index in [2.05, 4.69) is 6.92 Å². The Kier molecular flexibility index (Phi) is 10.7. The largest absolute Gasteiger partial charge is 0.373 e. The quantitative estimate of drug-likeness (QED) is 0.281. The van der Waals surface area contributed by atoms with Crippen LogP contribution in [0.1, 0.15) is 103 Å². The van der Waals surface area contributed by atoms with E-state index in [9.17, 15) is 4.79 Å². The van der Waals surface area contributed by atoms with Gasteiger partial charge in [-0.2, -0.15) is 0 Å². The van der Waals surface area contributed by atoms with Gasteiger partial charge in [0.25, 0.3) is 0 Å². The van der Waals surface area contributed by atoms with Gasteiger partial charge in [0.05, 0.1) is 12.7 Å². The number of epoxide rings is 1. The van der Waals surface area contributed by atoms with Gasteiger partial charge in [-0.1, -0.05) is 84.0 Å². The van der Waals surface area contributed by atoms with Crippen molar-refractivity contribution in [1.82, 2.24) is 4.90 Å². The van der Waals surface area contributed by atoms with Gasteiger partial charge in [-0.05, 0) is 24.7 Å². The molecule has 1 saturated carbocycles. The van der Waals surface area contributed by atoms with E-state index in [1.807, 2.05) is 11.9 Å². The molecule has 0 aromatic carbocycles. The highest BCUT2D eigenvalue weighted by Crippen LogP contribution is 2.36. The molecule has 0 spiro atoms. The minimum atomic E-state index is 0.365. The van der Waals surface area contributed by atoms with E-state index in [1.54, 1.807) is 0 Å². The molecule has 0 bridgehead atoms. The molecular formula is C23H43NO2. The molecule has 2 rings (SSSR count). The summed E-state index contributed by atoms with van der Waals surface area (Å²) in [6.07, 6.45) is 19.7. The Morgan fingerprint density at radius 1 is 1.00 bits per heavy atom. The lowest BCUT2D eigenvalue weighted by Gasteiger charge is -2.31. The number of hydrogen-bond donors (Lipinski definition) is 0. The number of carbonyl (C=O) groups excluding carboxylic acids is 1. The van der Waals surface area contributed by atoms with Crippen LogP contribution in [0.4, 0.5) is 0 Å². The minimum Gasteiger partial charge on any atom is -0.373 e. The molecule has 1 aliphatic carbocycles. The van der Waals surface area contributed by atoms with Crippen molar-refractivity contribution in [1.29, 1.82) is 0 Å². The van der Waals surface area contributed by atoms with Gasteiger partial charge in [0.2, 0.25) is 5.91 Å². The lowest BCUT2D eigenvalue weighted by molar-refractivity contribution is -0.131. The Morgan fingerprint density at radius 2 is 1.62 bits per heavy atom. The second-order valence-corrected chi connectivity index (χ2v) is 8.84. The lowest BCUT2D eigenvalue weighted by atomic mass is 9.76. The molecule has 152 valence electrons. The van der Waals surface area contributed by atoms with Gasteiger partial charge in [-0.3, -0.25) is 4.79 Å². The summed E-state index contributed by atoms with van der Waals surface area (Å²) in [5.41, 5.74) is 0. The molecule has 26 heavy (non-hydrogen) atoms. The van der Waals surface area contributed by atoms with Crippen molar-refractivity contribution in [2.24, 2.45) is 11.8 Å². The molecule has 1 heterocycles. The van der Waals surface area contributed by atoms with E-state index in [4.69, 9.17) is 4.74 Å². The summed E-state index contributed by atoms with van der Waals surface area (Å²) in [4.78, 5) is 14.7. The van der Waals surface area contributed by atoms with Crippen molar-refractivity contribution >= 4 is 5.91 Å². The monoisotopic (exact) mass is 365 g/mol. The molecule has 1 saturated heterocycles. The van der Waals surface area contributed by atoms with Crippen LogP contribution >= 0.6 is 0 Å². The molecule has 2 unspecified atom stereocenters. The fraction of sp³-hybridized carbons (Fsp3) is 0.957. The summed E-state index contributed by atoms with van der Waals surface area (Å²) in [6.45, 7) is 4.12. The van der Waals surface area contributed by atoms with Crippen LogP contribution in [-0.4, -0.2) is 37.1 Å². The first-order chi connectivity index (χ1) is 12.7. The zero-order valence-corrected chi connectivity index (χ0v) is 17.5. The molecule has 2 fully saturated rings. The molecular weight excluding hydrogens is 322 g/mol. The Hall–Kier alpha value is -0.570. The van der Waals surface area contributed by atoms with E-state index in [1.165, 1.54) is 77.0 Å². The van der Waals surface area contributed by atoms with E-state index in [-0.39, 0.29) is 0 Å². The summed E-state index contributed by atoms with van der Waals surface area (Å²) < 4.78 is 5.47. The first kappa shape index (κ1) is 21.7. The third-order valence-corrected chi connectivity index (χ3v) is 6.49. The number of nitrogens with zero attached hydrogens (tertiary/aromatic N) is 1. The molecule has 0 aromatic heterocycles. The Bertz CT molecular complexity index is 374. The van der Waals surface area contributed by atoms with Gasteiger partial charge in [-0.15, -0.1) is 0 Å². The summed E-state index contributed by atoms with van der Waals surface area (Å²) in [5.74, 6) is 1.67. The number of hydrogen-bond acceptors (Lipinski definition) is 2. The maximum atomic E-state index is 12.7. The van der Waals surface area contributed by atoms with Crippen LogP contribution in [-0.2, 0) is 9.53 Å². The first-order valence-electron chi connectivity index (χ1n) is 11.6. The third-order valence-electron chi connectivity index (χ3n) is 6.49. The smallest absolute Gasteiger partial charge is 0.222 e. The van der Waals surface area contributed by atoms with Gasteiger partial charge in [0, 0.05) is 20.0 Å². The Labute approximate surface area is 162 Å². The molecule has 3 nitrogen and oxygen atoms in total. The zero-order valence-electron chi connectivity index (χ0n) is 17.5. The number of ether oxygens (including phenoxy) is 1. The summed E-state index contributed by atoms with van der Waals surface area (Å²) >= 11 is 0. The Morgan fingerprint density at radius 3 is 2.23 bits per heavy atom. The highest BCUT2D eigenvalue weighted by molar-refractivity contribution is 5.76. The van der Waals surface area contributed by atoms with Crippen LogP contribution in [0.15, 0.2) is 0 Å². The molecule has 2 atom stereocenters. The highest BCUT2D eigenvalue weighted by atomic mass is 16.6. The minimum absolute atomic E-state index is 0.365. The summed E-state index contributed by atoms with van der Waals surface area (Å²) in [5, 5.41) is 0. The standard InChI is InChI=1S/C23H43NO2/c1-3-4-5-6-7-8-9-13-16-24(2)23(25)18-21(17-22-19-26-22)20-14-11-10-12-15-20/h20-22H,3-19H2,1-2H3.